The fraction of sp³-hybridized carbons (Fsp3) is 0.286. The normalized spacial score (nSPS) is 12.7. The van der Waals surface area contributed by atoms with E-state index < -0.39 is 11.7 Å². The lowest BCUT2D eigenvalue weighted by molar-refractivity contribution is -0.137. The van der Waals surface area contributed by atoms with Gasteiger partial charge in [-0.15, -0.1) is 0 Å². The van der Waals surface area contributed by atoms with Crippen LogP contribution in [-0.2, 0) is 12.7 Å². The van der Waals surface area contributed by atoms with Crippen LogP contribution in [0.3, 0.4) is 0 Å². The molecule has 0 fully saturated rings. The van der Waals surface area contributed by atoms with Crippen molar-refractivity contribution >= 4 is 5.69 Å². The van der Waals surface area contributed by atoms with Gasteiger partial charge in [0.2, 0.25) is 0 Å². The first-order chi connectivity index (χ1) is 9.90. The molecule has 2 aromatic rings. The molecule has 0 bridgehead atoms. The number of nitrogens with one attached hydrogen (secondary N) is 1. The van der Waals surface area contributed by atoms with Gasteiger partial charge in [0.1, 0.15) is 6.07 Å². The van der Waals surface area contributed by atoms with Gasteiger partial charge in [0.05, 0.1) is 23.1 Å². The molecule has 0 saturated heterocycles. The van der Waals surface area contributed by atoms with Crippen LogP contribution in [0.25, 0.3) is 0 Å². The number of nitriles is 1. The molecular formula is C14H13F3N4. The van der Waals surface area contributed by atoms with Crippen molar-refractivity contribution in [2.45, 2.75) is 25.7 Å². The van der Waals surface area contributed by atoms with Gasteiger partial charge in [0.15, 0.2) is 0 Å². The largest absolute Gasteiger partial charge is 0.416 e. The van der Waals surface area contributed by atoms with Crippen molar-refractivity contribution in [2.75, 3.05) is 5.32 Å². The number of benzene rings is 1. The van der Waals surface area contributed by atoms with Gasteiger partial charge in [0, 0.05) is 25.0 Å². The van der Waals surface area contributed by atoms with Crippen LogP contribution in [0.5, 0.6) is 0 Å². The average molecular weight is 294 g/mol. The molecule has 0 aliphatic rings. The zero-order chi connectivity index (χ0) is 15.5. The molecule has 1 aromatic carbocycles. The minimum absolute atomic E-state index is 0.0256. The predicted octanol–water partition coefficient (Wildman–Crippen LogP) is 3.27. The summed E-state index contributed by atoms with van der Waals surface area (Å²) in [4.78, 5) is 3.91. The number of hydrogen-bond acceptors (Lipinski definition) is 3. The van der Waals surface area contributed by atoms with Crippen LogP contribution in [0.4, 0.5) is 18.9 Å². The maximum Gasteiger partial charge on any atom is 0.416 e. The van der Waals surface area contributed by atoms with E-state index in [0.717, 1.165) is 12.1 Å². The Morgan fingerprint density at radius 2 is 2.19 bits per heavy atom. The van der Waals surface area contributed by atoms with Crippen LogP contribution in [0.15, 0.2) is 36.9 Å². The Kier molecular flexibility index (Phi) is 4.17. The van der Waals surface area contributed by atoms with Crippen molar-refractivity contribution in [1.82, 2.24) is 9.55 Å². The summed E-state index contributed by atoms with van der Waals surface area (Å²) in [6, 6.07) is 4.83. The molecule has 7 heteroatoms. The van der Waals surface area contributed by atoms with Crippen molar-refractivity contribution < 1.29 is 13.2 Å². The lowest BCUT2D eigenvalue weighted by Crippen LogP contribution is -2.22. The third-order valence-corrected chi connectivity index (χ3v) is 2.91. The van der Waals surface area contributed by atoms with Gasteiger partial charge in [-0.05, 0) is 25.1 Å². The van der Waals surface area contributed by atoms with Crippen LogP contribution in [-0.4, -0.2) is 15.6 Å². The van der Waals surface area contributed by atoms with Gasteiger partial charge < -0.3 is 9.88 Å². The maximum absolute atomic E-state index is 12.6. The molecule has 1 atom stereocenters. The van der Waals surface area contributed by atoms with Crippen molar-refractivity contribution in [1.29, 1.82) is 5.26 Å². The summed E-state index contributed by atoms with van der Waals surface area (Å²) >= 11 is 0. The zero-order valence-corrected chi connectivity index (χ0v) is 11.2. The van der Waals surface area contributed by atoms with Gasteiger partial charge in [-0.1, -0.05) is 0 Å². The van der Waals surface area contributed by atoms with Gasteiger partial charge in [-0.2, -0.15) is 18.4 Å². The number of aromatic nitrogens is 2. The smallest absolute Gasteiger partial charge is 0.380 e. The predicted molar refractivity (Wildman–Crippen MR) is 71.5 cm³/mol. The highest BCUT2D eigenvalue weighted by Gasteiger charge is 2.31. The lowest BCUT2D eigenvalue weighted by atomic mass is 10.1. The Bertz CT molecular complexity index is 641. The molecule has 1 aromatic heterocycles. The summed E-state index contributed by atoms with van der Waals surface area (Å²) in [7, 11) is 0. The van der Waals surface area contributed by atoms with E-state index in [9.17, 15) is 13.2 Å². The molecule has 1 heterocycles. The fourth-order valence-corrected chi connectivity index (χ4v) is 1.96. The SMILES string of the molecule is CC(Cn1ccnc1)Nc1ccc(C(F)(F)F)cc1C#N. The molecule has 0 saturated carbocycles. The standard InChI is InChI=1S/C14H13F3N4/c1-10(8-21-5-4-19-9-21)20-13-3-2-12(14(15,16)17)6-11(13)7-18/h2-6,9-10,20H,8H2,1H3. The van der Waals surface area contributed by atoms with Crippen molar-refractivity contribution in [3.05, 3.63) is 48.0 Å². The van der Waals surface area contributed by atoms with Crippen LogP contribution in [0.2, 0.25) is 0 Å². The maximum atomic E-state index is 12.6. The van der Waals surface area contributed by atoms with Crippen LogP contribution < -0.4 is 5.32 Å². The number of nitrogens with zero attached hydrogens (tertiary/aromatic N) is 3. The van der Waals surface area contributed by atoms with E-state index in [1.807, 2.05) is 11.5 Å². The van der Waals surface area contributed by atoms with Gasteiger partial charge >= 0.3 is 6.18 Å². The fourth-order valence-electron chi connectivity index (χ4n) is 1.96. The van der Waals surface area contributed by atoms with Gasteiger partial charge in [-0.25, -0.2) is 4.98 Å². The van der Waals surface area contributed by atoms with E-state index in [1.165, 1.54) is 6.07 Å². The highest BCUT2D eigenvalue weighted by atomic mass is 19.4. The van der Waals surface area contributed by atoms with Crippen molar-refractivity contribution in [3.8, 4) is 6.07 Å². The second-order valence-corrected chi connectivity index (χ2v) is 4.67. The van der Waals surface area contributed by atoms with E-state index in [4.69, 9.17) is 5.26 Å². The molecule has 0 aliphatic carbocycles. The minimum Gasteiger partial charge on any atom is -0.380 e. The first-order valence-electron chi connectivity index (χ1n) is 6.24. The molecular weight excluding hydrogens is 281 g/mol. The number of halogens is 3. The van der Waals surface area contributed by atoms with Crippen molar-refractivity contribution in [3.63, 3.8) is 0 Å². The number of alkyl halides is 3. The van der Waals surface area contributed by atoms with Crippen LogP contribution in [0.1, 0.15) is 18.1 Å². The summed E-state index contributed by atoms with van der Waals surface area (Å²) in [6.45, 7) is 2.46. The number of anilines is 1. The Morgan fingerprint density at radius 3 is 2.76 bits per heavy atom. The Labute approximate surface area is 119 Å². The molecule has 0 amide bonds. The first kappa shape index (κ1) is 14.9. The summed E-state index contributed by atoms with van der Waals surface area (Å²) in [6.07, 6.45) is 0.629. The van der Waals surface area contributed by atoms with E-state index in [1.54, 1.807) is 24.8 Å². The van der Waals surface area contributed by atoms with Crippen molar-refractivity contribution in [2.24, 2.45) is 0 Å². The molecule has 0 radical (unpaired) electrons. The monoisotopic (exact) mass is 294 g/mol. The molecule has 0 spiro atoms. The van der Waals surface area contributed by atoms with E-state index >= 15 is 0 Å². The molecule has 1 N–H and O–H groups in total. The quantitative estimate of drug-likeness (QED) is 0.941. The second kappa shape index (κ2) is 5.87. The van der Waals surface area contributed by atoms with Gasteiger partial charge in [-0.3, -0.25) is 0 Å². The number of imidazole rings is 1. The minimum atomic E-state index is -4.45. The Balaban J connectivity index is 2.15. The van der Waals surface area contributed by atoms with E-state index in [0.29, 0.717) is 12.2 Å². The molecule has 2 rings (SSSR count). The average Bonchev–Trinajstić information content (AvgIpc) is 2.90. The number of hydrogen-bond donors (Lipinski definition) is 1. The highest BCUT2D eigenvalue weighted by Crippen LogP contribution is 2.31. The van der Waals surface area contributed by atoms with Crippen LogP contribution >= 0.6 is 0 Å². The Hall–Kier alpha value is -2.49. The van der Waals surface area contributed by atoms with Crippen LogP contribution in [0, 0.1) is 11.3 Å². The third-order valence-electron chi connectivity index (χ3n) is 2.91. The molecule has 0 aliphatic heterocycles. The second-order valence-electron chi connectivity index (χ2n) is 4.67. The summed E-state index contributed by atoms with van der Waals surface area (Å²) in [5.41, 5.74) is -0.465. The molecule has 1 unspecified atom stereocenters. The zero-order valence-electron chi connectivity index (χ0n) is 11.2. The van der Waals surface area contributed by atoms with E-state index in [2.05, 4.69) is 10.3 Å². The molecule has 21 heavy (non-hydrogen) atoms. The lowest BCUT2D eigenvalue weighted by Gasteiger charge is -2.17. The summed E-state index contributed by atoms with van der Waals surface area (Å²) in [5, 5.41) is 12.0. The molecule has 4 nitrogen and oxygen atoms in total. The third kappa shape index (κ3) is 3.75. The van der Waals surface area contributed by atoms with Gasteiger partial charge in [0.25, 0.3) is 0 Å². The first-order valence-corrected chi connectivity index (χ1v) is 6.24. The van der Waals surface area contributed by atoms with E-state index in [-0.39, 0.29) is 11.6 Å². The Morgan fingerprint density at radius 1 is 1.43 bits per heavy atom. The topological polar surface area (TPSA) is 53.6 Å². The number of rotatable bonds is 4. The highest BCUT2D eigenvalue weighted by molar-refractivity contribution is 5.59. The summed E-state index contributed by atoms with van der Waals surface area (Å²) in [5.74, 6) is 0. The molecule has 110 valence electrons. The summed E-state index contributed by atoms with van der Waals surface area (Å²) < 4.78 is 39.7.